The summed E-state index contributed by atoms with van der Waals surface area (Å²) in [5, 5.41) is 13.7. The fourth-order valence-electron chi connectivity index (χ4n) is 1.39. The van der Waals surface area contributed by atoms with Crippen molar-refractivity contribution in [2.24, 2.45) is 7.05 Å². The van der Waals surface area contributed by atoms with Crippen LogP contribution in [0, 0.1) is 0 Å². The molecule has 1 unspecified atom stereocenters. The highest BCUT2D eigenvalue weighted by molar-refractivity contribution is 4.98. The summed E-state index contributed by atoms with van der Waals surface area (Å²) in [4.78, 5) is 0. The molecule has 0 saturated heterocycles. The van der Waals surface area contributed by atoms with Gasteiger partial charge in [0.15, 0.2) is 0 Å². The molecule has 0 aromatic carbocycles. The monoisotopic (exact) mass is 182 g/mol. The lowest BCUT2D eigenvalue weighted by atomic mass is 10.1. The number of aliphatic hydroxyl groups is 1. The van der Waals surface area contributed by atoms with Crippen molar-refractivity contribution in [1.29, 1.82) is 0 Å². The van der Waals surface area contributed by atoms with E-state index >= 15 is 0 Å². The molecular formula is C10H18N2O. The van der Waals surface area contributed by atoms with Crippen molar-refractivity contribution in [3.63, 3.8) is 0 Å². The molecule has 0 spiro atoms. The standard InChI is InChI=1S/C10H18N2O/c1-3-4-10(13)6-5-9-7-8-12(2)11-9/h7-8,10,13H,3-6H2,1-2H3. The maximum atomic E-state index is 9.48. The van der Waals surface area contributed by atoms with Crippen LogP contribution in [0.25, 0.3) is 0 Å². The van der Waals surface area contributed by atoms with Crippen LogP contribution >= 0.6 is 0 Å². The molecule has 1 aromatic rings. The molecule has 3 heteroatoms. The lowest BCUT2D eigenvalue weighted by Gasteiger charge is -2.06. The highest BCUT2D eigenvalue weighted by Gasteiger charge is 2.04. The van der Waals surface area contributed by atoms with Gasteiger partial charge in [0.25, 0.3) is 0 Å². The summed E-state index contributed by atoms with van der Waals surface area (Å²) in [7, 11) is 1.91. The lowest BCUT2D eigenvalue weighted by Crippen LogP contribution is -2.07. The fourth-order valence-corrected chi connectivity index (χ4v) is 1.39. The highest BCUT2D eigenvalue weighted by atomic mass is 16.3. The van der Waals surface area contributed by atoms with Crippen LogP contribution < -0.4 is 0 Å². The van der Waals surface area contributed by atoms with Gasteiger partial charge in [-0.1, -0.05) is 13.3 Å². The molecule has 0 amide bonds. The molecule has 0 aliphatic heterocycles. The zero-order valence-electron chi connectivity index (χ0n) is 8.40. The molecule has 0 saturated carbocycles. The number of hydrogen-bond acceptors (Lipinski definition) is 2. The van der Waals surface area contributed by atoms with Gasteiger partial charge in [-0.2, -0.15) is 5.10 Å². The maximum Gasteiger partial charge on any atom is 0.0625 e. The molecular weight excluding hydrogens is 164 g/mol. The van der Waals surface area contributed by atoms with Gasteiger partial charge in [-0.15, -0.1) is 0 Å². The minimum Gasteiger partial charge on any atom is -0.393 e. The first-order valence-corrected chi connectivity index (χ1v) is 4.89. The van der Waals surface area contributed by atoms with Gasteiger partial charge in [0.05, 0.1) is 11.8 Å². The van der Waals surface area contributed by atoms with E-state index in [1.54, 1.807) is 4.68 Å². The van der Waals surface area contributed by atoms with Crippen molar-refractivity contribution in [3.05, 3.63) is 18.0 Å². The molecule has 74 valence electrons. The van der Waals surface area contributed by atoms with Crippen LogP contribution in [0.1, 0.15) is 31.9 Å². The molecule has 1 heterocycles. The highest BCUT2D eigenvalue weighted by Crippen LogP contribution is 2.06. The van der Waals surface area contributed by atoms with E-state index in [0.717, 1.165) is 31.4 Å². The molecule has 1 atom stereocenters. The van der Waals surface area contributed by atoms with Gasteiger partial charge in [-0.05, 0) is 25.3 Å². The van der Waals surface area contributed by atoms with Crippen molar-refractivity contribution < 1.29 is 5.11 Å². The molecule has 13 heavy (non-hydrogen) atoms. The van der Waals surface area contributed by atoms with Crippen LogP contribution in [-0.2, 0) is 13.5 Å². The number of aliphatic hydroxyl groups excluding tert-OH is 1. The quantitative estimate of drug-likeness (QED) is 0.749. The number of aryl methyl sites for hydroxylation is 2. The van der Waals surface area contributed by atoms with Gasteiger partial charge < -0.3 is 5.11 Å². The summed E-state index contributed by atoms with van der Waals surface area (Å²) in [6.45, 7) is 2.09. The molecule has 0 fully saturated rings. The van der Waals surface area contributed by atoms with Gasteiger partial charge in [-0.25, -0.2) is 0 Å². The molecule has 1 N–H and O–H groups in total. The maximum absolute atomic E-state index is 9.48. The topological polar surface area (TPSA) is 38.0 Å². The normalized spacial score (nSPS) is 13.2. The Kier molecular flexibility index (Phi) is 3.96. The molecule has 0 bridgehead atoms. The predicted octanol–water partition coefficient (Wildman–Crippen LogP) is 1.51. The second kappa shape index (κ2) is 5.02. The van der Waals surface area contributed by atoms with Crippen molar-refractivity contribution >= 4 is 0 Å². The molecule has 1 aromatic heterocycles. The third-order valence-corrected chi connectivity index (χ3v) is 2.12. The lowest BCUT2D eigenvalue weighted by molar-refractivity contribution is 0.153. The first kappa shape index (κ1) is 10.3. The van der Waals surface area contributed by atoms with Crippen molar-refractivity contribution in [2.75, 3.05) is 0 Å². The van der Waals surface area contributed by atoms with Crippen molar-refractivity contribution in [1.82, 2.24) is 9.78 Å². The Morgan fingerprint density at radius 2 is 2.31 bits per heavy atom. The minimum atomic E-state index is -0.160. The SMILES string of the molecule is CCCC(O)CCc1ccn(C)n1. The van der Waals surface area contributed by atoms with E-state index in [-0.39, 0.29) is 6.10 Å². The Bertz CT molecular complexity index is 245. The smallest absolute Gasteiger partial charge is 0.0625 e. The van der Waals surface area contributed by atoms with E-state index in [1.807, 2.05) is 19.3 Å². The summed E-state index contributed by atoms with van der Waals surface area (Å²) in [6, 6.07) is 2.00. The molecule has 3 nitrogen and oxygen atoms in total. The van der Waals surface area contributed by atoms with Gasteiger partial charge >= 0.3 is 0 Å². The fraction of sp³-hybridized carbons (Fsp3) is 0.700. The average Bonchev–Trinajstić information content (AvgIpc) is 2.49. The summed E-state index contributed by atoms with van der Waals surface area (Å²) in [5.74, 6) is 0. The second-order valence-corrected chi connectivity index (χ2v) is 3.46. The van der Waals surface area contributed by atoms with Crippen LogP contribution in [-0.4, -0.2) is 21.0 Å². The third-order valence-electron chi connectivity index (χ3n) is 2.12. The Balaban J connectivity index is 2.26. The van der Waals surface area contributed by atoms with Crippen LogP contribution in [0.4, 0.5) is 0 Å². The van der Waals surface area contributed by atoms with Gasteiger partial charge in [0, 0.05) is 13.2 Å². The second-order valence-electron chi connectivity index (χ2n) is 3.46. The first-order chi connectivity index (χ1) is 6.22. The van der Waals surface area contributed by atoms with Gasteiger partial charge in [0.1, 0.15) is 0 Å². The third kappa shape index (κ3) is 3.59. The zero-order valence-corrected chi connectivity index (χ0v) is 8.40. The Hall–Kier alpha value is -0.830. The number of hydrogen-bond donors (Lipinski definition) is 1. The Morgan fingerprint density at radius 3 is 2.85 bits per heavy atom. The predicted molar refractivity (Wildman–Crippen MR) is 52.4 cm³/mol. The molecule has 0 aliphatic rings. The van der Waals surface area contributed by atoms with E-state index in [9.17, 15) is 5.11 Å². The van der Waals surface area contributed by atoms with Crippen LogP contribution in [0.3, 0.4) is 0 Å². The summed E-state index contributed by atoms with van der Waals surface area (Å²) in [6.07, 6.45) is 5.41. The van der Waals surface area contributed by atoms with Crippen LogP contribution in [0.5, 0.6) is 0 Å². The molecule has 0 aliphatic carbocycles. The van der Waals surface area contributed by atoms with Crippen molar-refractivity contribution in [2.45, 2.75) is 38.7 Å². The van der Waals surface area contributed by atoms with E-state index in [0.29, 0.717) is 0 Å². The summed E-state index contributed by atoms with van der Waals surface area (Å²) < 4.78 is 1.79. The average molecular weight is 182 g/mol. The number of rotatable bonds is 5. The zero-order chi connectivity index (χ0) is 9.68. The van der Waals surface area contributed by atoms with E-state index in [2.05, 4.69) is 12.0 Å². The Labute approximate surface area is 79.4 Å². The van der Waals surface area contributed by atoms with E-state index in [4.69, 9.17) is 0 Å². The number of aromatic nitrogens is 2. The van der Waals surface area contributed by atoms with Crippen molar-refractivity contribution in [3.8, 4) is 0 Å². The minimum absolute atomic E-state index is 0.160. The first-order valence-electron chi connectivity index (χ1n) is 4.89. The van der Waals surface area contributed by atoms with Crippen LogP contribution in [0.15, 0.2) is 12.3 Å². The summed E-state index contributed by atoms with van der Waals surface area (Å²) in [5.41, 5.74) is 1.07. The van der Waals surface area contributed by atoms with Gasteiger partial charge in [0.2, 0.25) is 0 Å². The number of nitrogens with zero attached hydrogens (tertiary/aromatic N) is 2. The van der Waals surface area contributed by atoms with Gasteiger partial charge in [-0.3, -0.25) is 4.68 Å². The van der Waals surface area contributed by atoms with E-state index < -0.39 is 0 Å². The Morgan fingerprint density at radius 1 is 1.54 bits per heavy atom. The largest absolute Gasteiger partial charge is 0.393 e. The van der Waals surface area contributed by atoms with Crippen LogP contribution in [0.2, 0.25) is 0 Å². The summed E-state index contributed by atoms with van der Waals surface area (Å²) >= 11 is 0. The van der Waals surface area contributed by atoms with E-state index in [1.165, 1.54) is 0 Å². The molecule has 0 radical (unpaired) electrons. The molecule has 1 rings (SSSR count).